The summed E-state index contributed by atoms with van der Waals surface area (Å²) in [6.45, 7) is 4.10. The molecule has 1 fully saturated rings. The van der Waals surface area contributed by atoms with Crippen LogP contribution in [0.2, 0.25) is 0 Å². The third-order valence-corrected chi connectivity index (χ3v) is 5.71. The lowest BCUT2D eigenvalue weighted by Gasteiger charge is -2.38. The average Bonchev–Trinajstić information content (AvgIpc) is 3.13. The van der Waals surface area contributed by atoms with Crippen LogP contribution in [0.5, 0.6) is 5.75 Å². The zero-order valence-corrected chi connectivity index (χ0v) is 14.5. The first kappa shape index (κ1) is 15.6. The Morgan fingerprint density at radius 1 is 1.08 bits per heavy atom. The van der Waals surface area contributed by atoms with Crippen LogP contribution in [-0.2, 0) is 0 Å². The molecule has 3 aromatic rings. The highest BCUT2D eigenvalue weighted by Gasteiger charge is 2.28. The van der Waals surface area contributed by atoms with Crippen LogP contribution in [0.15, 0.2) is 48.0 Å². The number of benzene rings is 1. The van der Waals surface area contributed by atoms with Crippen LogP contribution < -0.4 is 0 Å². The molecule has 4 nitrogen and oxygen atoms in total. The highest BCUT2D eigenvalue weighted by molar-refractivity contribution is 7.10. The summed E-state index contributed by atoms with van der Waals surface area (Å²) in [5, 5.41) is 14.0. The van der Waals surface area contributed by atoms with Gasteiger partial charge in [-0.25, -0.2) is 0 Å². The molecule has 0 amide bonds. The Morgan fingerprint density at radius 2 is 1.92 bits per heavy atom. The number of phenols is 1. The van der Waals surface area contributed by atoms with Crippen molar-refractivity contribution in [1.29, 1.82) is 0 Å². The number of pyridine rings is 1. The Bertz CT molecular complexity index is 826. The predicted octanol–water partition coefficient (Wildman–Crippen LogP) is 3.34. The third-order valence-electron chi connectivity index (χ3n) is 4.79. The lowest BCUT2D eigenvalue weighted by atomic mass is 9.99. The molecule has 1 N–H and O–H groups in total. The van der Waals surface area contributed by atoms with Crippen LogP contribution in [0.1, 0.15) is 16.5 Å². The van der Waals surface area contributed by atoms with Crippen LogP contribution in [-0.4, -0.2) is 53.1 Å². The molecule has 1 atom stereocenters. The summed E-state index contributed by atoms with van der Waals surface area (Å²) in [5.41, 5.74) is 1.64. The molecule has 1 aliphatic heterocycles. The minimum absolute atomic E-state index is 0.0881. The van der Waals surface area contributed by atoms with Gasteiger partial charge < -0.3 is 10.0 Å². The van der Waals surface area contributed by atoms with Gasteiger partial charge in [-0.1, -0.05) is 24.3 Å². The molecule has 4 rings (SSSR count). The van der Waals surface area contributed by atoms with Gasteiger partial charge >= 0.3 is 0 Å². The van der Waals surface area contributed by atoms with E-state index in [1.54, 1.807) is 17.5 Å². The maximum absolute atomic E-state index is 10.9. The highest BCUT2D eigenvalue weighted by atomic mass is 32.1. The largest absolute Gasteiger partial charge is 0.505 e. The van der Waals surface area contributed by atoms with Gasteiger partial charge in [0.15, 0.2) is 0 Å². The van der Waals surface area contributed by atoms with Gasteiger partial charge in [-0.15, -0.1) is 11.3 Å². The van der Waals surface area contributed by atoms with Crippen molar-refractivity contribution in [2.24, 2.45) is 0 Å². The van der Waals surface area contributed by atoms with E-state index in [9.17, 15) is 5.11 Å². The molecule has 1 saturated heterocycles. The number of likely N-dealkylation sites (N-methyl/N-ethyl adjacent to an activating group) is 1. The second-order valence-electron chi connectivity index (χ2n) is 6.34. The van der Waals surface area contributed by atoms with Crippen molar-refractivity contribution in [2.75, 3.05) is 33.2 Å². The first-order valence-electron chi connectivity index (χ1n) is 8.26. The third kappa shape index (κ3) is 2.79. The molecule has 1 aromatic carbocycles. The monoisotopic (exact) mass is 339 g/mol. The molecular formula is C19H21N3OS. The van der Waals surface area contributed by atoms with Crippen molar-refractivity contribution in [3.8, 4) is 5.75 Å². The smallest absolute Gasteiger partial charge is 0.146 e. The SMILES string of the molecule is CN1CCN(C(c2cccs2)c2ccc3cccnc3c2O)CC1. The average molecular weight is 339 g/mol. The van der Waals surface area contributed by atoms with Gasteiger partial charge in [0.1, 0.15) is 11.3 Å². The summed E-state index contributed by atoms with van der Waals surface area (Å²) < 4.78 is 0. The minimum atomic E-state index is 0.0881. The number of phenolic OH excluding ortho intramolecular Hbond substituents is 1. The van der Waals surface area contributed by atoms with Crippen LogP contribution in [0.3, 0.4) is 0 Å². The molecule has 1 aliphatic rings. The molecule has 3 heterocycles. The first-order valence-corrected chi connectivity index (χ1v) is 9.14. The zero-order chi connectivity index (χ0) is 16.5. The van der Waals surface area contributed by atoms with E-state index in [0.717, 1.165) is 37.1 Å². The van der Waals surface area contributed by atoms with E-state index in [0.29, 0.717) is 11.3 Å². The van der Waals surface area contributed by atoms with Crippen molar-refractivity contribution >= 4 is 22.2 Å². The Balaban J connectivity index is 1.80. The van der Waals surface area contributed by atoms with E-state index in [1.807, 2.05) is 12.1 Å². The molecule has 0 saturated carbocycles. The second kappa shape index (κ2) is 6.51. The number of hydrogen-bond donors (Lipinski definition) is 1. The van der Waals surface area contributed by atoms with Crippen LogP contribution in [0.4, 0.5) is 0 Å². The van der Waals surface area contributed by atoms with Gasteiger partial charge in [-0.05, 0) is 24.6 Å². The Labute approximate surface area is 146 Å². The van der Waals surface area contributed by atoms with Crippen LogP contribution in [0, 0.1) is 0 Å². The van der Waals surface area contributed by atoms with E-state index in [1.165, 1.54) is 4.88 Å². The summed E-state index contributed by atoms with van der Waals surface area (Å²) >= 11 is 1.75. The fourth-order valence-electron chi connectivity index (χ4n) is 3.42. The molecule has 24 heavy (non-hydrogen) atoms. The fraction of sp³-hybridized carbons (Fsp3) is 0.316. The lowest BCUT2D eigenvalue weighted by Crippen LogP contribution is -2.46. The number of thiophene rings is 1. The number of aromatic hydroxyl groups is 1. The van der Waals surface area contributed by atoms with Gasteiger partial charge in [-0.3, -0.25) is 9.88 Å². The van der Waals surface area contributed by atoms with Crippen molar-refractivity contribution in [3.05, 3.63) is 58.4 Å². The normalized spacial score (nSPS) is 18.0. The highest BCUT2D eigenvalue weighted by Crippen LogP contribution is 2.39. The number of rotatable bonds is 3. The zero-order valence-electron chi connectivity index (χ0n) is 13.7. The molecular weight excluding hydrogens is 318 g/mol. The standard InChI is InChI=1S/C19H21N3OS/c1-21-9-11-22(12-10-21)18(16-5-3-13-24-16)15-7-6-14-4-2-8-20-17(14)19(15)23/h2-8,13,18,23H,9-12H2,1H3. The summed E-state index contributed by atoms with van der Waals surface area (Å²) in [7, 11) is 2.16. The molecule has 0 radical (unpaired) electrons. The molecule has 0 bridgehead atoms. The molecule has 0 spiro atoms. The van der Waals surface area contributed by atoms with Crippen LogP contribution in [0.25, 0.3) is 10.9 Å². The lowest BCUT2D eigenvalue weighted by molar-refractivity contribution is 0.127. The van der Waals surface area contributed by atoms with Gasteiger partial charge in [0.25, 0.3) is 0 Å². The van der Waals surface area contributed by atoms with Crippen molar-refractivity contribution in [2.45, 2.75) is 6.04 Å². The Hall–Kier alpha value is -1.95. The van der Waals surface area contributed by atoms with Gasteiger partial charge in [0, 0.05) is 48.2 Å². The Kier molecular flexibility index (Phi) is 4.22. The predicted molar refractivity (Wildman–Crippen MR) is 98.6 cm³/mol. The summed E-state index contributed by atoms with van der Waals surface area (Å²) in [6, 6.07) is 12.3. The molecule has 0 aliphatic carbocycles. The van der Waals surface area contributed by atoms with E-state index >= 15 is 0 Å². The fourth-order valence-corrected chi connectivity index (χ4v) is 4.30. The van der Waals surface area contributed by atoms with E-state index in [4.69, 9.17) is 0 Å². The van der Waals surface area contributed by atoms with Crippen molar-refractivity contribution in [3.63, 3.8) is 0 Å². The molecule has 1 unspecified atom stereocenters. The molecule has 124 valence electrons. The van der Waals surface area contributed by atoms with E-state index < -0.39 is 0 Å². The second-order valence-corrected chi connectivity index (χ2v) is 7.31. The Morgan fingerprint density at radius 3 is 2.67 bits per heavy atom. The number of nitrogens with zero attached hydrogens (tertiary/aromatic N) is 3. The number of hydrogen-bond acceptors (Lipinski definition) is 5. The van der Waals surface area contributed by atoms with Crippen LogP contribution >= 0.6 is 11.3 Å². The van der Waals surface area contributed by atoms with E-state index in [-0.39, 0.29) is 6.04 Å². The number of aromatic nitrogens is 1. The van der Waals surface area contributed by atoms with Crippen molar-refractivity contribution in [1.82, 2.24) is 14.8 Å². The number of fused-ring (bicyclic) bond motifs is 1. The van der Waals surface area contributed by atoms with Crippen molar-refractivity contribution < 1.29 is 5.11 Å². The van der Waals surface area contributed by atoms with Gasteiger partial charge in [0.05, 0.1) is 6.04 Å². The first-order chi connectivity index (χ1) is 11.7. The maximum atomic E-state index is 10.9. The molecule has 2 aromatic heterocycles. The summed E-state index contributed by atoms with van der Waals surface area (Å²) in [4.78, 5) is 10.5. The van der Waals surface area contributed by atoms with Gasteiger partial charge in [-0.2, -0.15) is 0 Å². The molecule has 5 heteroatoms. The summed E-state index contributed by atoms with van der Waals surface area (Å²) in [6.07, 6.45) is 1.74. The maximum Gasteiger partial charge on any atom is 0.146 e. The topological polar surface area (TPSA) is 39.6 Å². The number of piperazine rings is 1. The minimum Gasteiger partial charge on any atom is -0.505 e. The quantitative estimate of drug-likeness (QED) is 0.794. The van der Waals surface area contributed by atoms with Gasteiger partial charge in [0.2, 0.25) is 0 Å². The van der Waals surface area contributed by atoms with E-state index in [2.05, 4.69) is 51.5 Å². The summed E-state index contributed by atoms with van der Waals surface area (Å²) in [5.74, 6) is 0.311.